The van der Waals surface area contributed by atoms with Crippen molar-refractivity contribution in [2.75, 3.05) is 0 Å². The van der Waals surface area contributed by atoms with Gasteiger partial charge in [-0.05, 0) is 25.8 Å². The second-order valence-corrected chi connectivity index (χ2v) is 5.38. The molecular formula is C14H18F3N3O. The van der Waals surface area contributed by atoms with Crippen molar-refractivity contribution >= 4 is 5.91 Å². The second kappa shape index (κ2) is 5.54. The molecule has 7 heteroatoms. The molecule has 1 aromatic heterocycles. The molecule has 21 heavy (non-hydrogen) atoms. The quantitative estimate of drug-likeness (QED) is 0.784. The molecule has 0 unspecified atom stereocenters. The van der Waals surface area contributed by atoms with Crippen LogP contribution in [0.15, 0.2) is 18.9 Å². The maximum atomic E-state index is 12.9. The second-order valence-electron chi connectivity index (χ2n) is 5.38. The lowest BCUT2D eigenvalue weighted by molar-refractivity contribution is -0.185. The average Bonchev–Trinajstić information content (AvgIpc) is 3.17. The van der Waals surface area contributed by atoms with E-state index >= 15 is 0 Å². The fourth-order valence-electron chi connectivity index (χ4n) is 2.26. The van der Waals surface area contributed by atoms with Gasteiger partial charge < -0.3 is 4.90 Å². The van der Waals surface area contributed by atoms with E-state index in [1.165, 1.54) is 0 Å². The zero-order valence-electron chi connectivity index (χ0n) is 12.0. The Morgan fingerprint density at radius 1 is 1.62 bits per heavy atom. The molecule has 1 amide bonds. The largest absolute Gasteiger partial charge is 0.408 e. The van der Waals surface area contributed by atoms with Gasteiger partial charge >= 0.3 is 6.18 Å². The number of aromatic nitrogens is 2. The number of nitrogens with zero attached hydrogens (tertiary/aromatic N) is 3. The Morgan fingerprint density at radius 2 is 2.24 bits per heavy atom. The monoisotopic (exact) mass is 301 g/mol. The lowest BCUT2D eigenvalue weighted by Crippen LogP contribution is -2.45. The van der Waals surface area contributed by atoms with Crippen LogP contribution < -0.4 is 0 Å². The van der Waals surface area contributed by atoms with Crippen LogP contribution in [0, 0.1) is 0 Å². The van der Waals surface area contributed by atoms with Gasteiger partial charge in [-0.3, -0.25) is 9.48 Å². The van der Waals surface area contributed by atoms with Crippen LogP contribution in [0.4, 0.5) is 13.2 Å². The number of aryl methyl sites for hydroxylation is 1. The Kier molecular flexibility index (Phi) is 4.11. The third-order valence-corrected chi connectivity index (χ3v) is 3.64. The van der Waals surface area contributed by atoms with Crippen LogP contribution in [0.25, 0.3) is 0 Å². The van der Waals surface area contributed by atoms with Gasteiger partial charge in [0.15, 0.2) is 0 Å². The molecular weight excluding hydrogens is 283 g/mol. The minimum atomic E-state index is -4.47. The summed E-state index contributed by atoms with van der Waals surface area (Å²) in [6, 6.07) is -1.87. The van der Waals surface area contributed by atoms with Gasteiger partial charge in [0.1, 0.15) is 6.04 Å². The number of amides is 1. The minimum absolute atomic E-state index is 0.106. The molecule has 1 aliphatic carbocycles. The van der Waals surface area contributed by atoms with E-state index in [9.17, 15) is 18.0 Å². The van der Waals surface area contributed by atoms with Crippen molar-refractivity contribution < 1.29 is 18.0 Å². The highest BCUT2D eigenvalue weighted by molar-refractivity contribution is 5.87. The van der Waals surface area contributed by atoms with E-state index in [-0.39, 0.29) is 6.54 Å². The maximum absolute atomic E-state index is 12.9. The van der Waals surface area contributed by atoms with Gasteiger partial charge in [0.2, 0.25) is 5.91 Å². The topological polar surface area (TPSA) is 38.1 Å². The van der Waals surface area contributed by atoms with Gasteiger partial charge in [-0.15, -0.1) is 0 Å². The maximum Gasteiger partial charge on any atom is 0.408 e. The van der Waals surface area contributed by atoms with E-state index in [0.717, 1.165) is 36.4 Å². The molecule has 0 N–H and O–H groups in total. The summed E-state index contributed by atoms with van der Waals surface area (Å²) in [5.41, 5.74) is 1.47. The van der Waals surface area contributed by atoms with E-state index in [2.05, 4.69) is 11.7 Å². The lowest BCUT2D eigenvalue weighted by Gasteiger charge is -2.29. The summed E-state index contributed by atoms with van der Waals surface area (Å²) in [5.74, 6) is -0.423. The van der Waals surface area contributed by atoms with Gasteiger partial charge in [0, 0.05) is 24.7 Å². The number of carbonyl (C=O) groups is 1. The first kappa shape index (κ1) is 15.6. The Hall–Kier alpha value is -1.79. The summed E-state index contributed by atoms with van der Waals surface area (Å²) in [6.07, 6.45) is 0.110. The normalized spacial score (nSPS) is 16.6. The number of hydrogen-bond donors (Lipinski definition) is 0. The third kappa shape index (κ3) is 3.46. The van der Waals surface area contributed by atoms with Gasteiger partial charge in [0.05, 0.1) is 12.2 Å². The molecule has 1 fully saturated rings. The molecule has 4 nitrogen and oxygen atoms in total. The van der Waals surface area contributed by atoms with Gasteiger partial charge in [-0.1, -0.05) is 6.58 Å². The fraction of sp³-hybridized carbons (Fsp3) is 0.571. The summed E-state index contributed by atoms with van der Waals surface area (Å²) in [6.45, 7) is 4.16. The first-order chi connectivity index (χ1) is 9.74. The highest BCUT2D eigenvalue weighted by Gasteiger charge is 2.42. The van der Waals surface area contributed by atoms with Crippen LogP contribution in [0.3, 0.4) is 0 Å². The number of rotatable bonds is 5. The molecule has 0 aliphatic heterocycles. The Balaban J connectivity index is 2.26. The summed E-state index contributed by atoms with van der Waals surface area (Å²) < 4.78 is 40.4. The molecule has 1 saturated carbocycles. The van der Waals surface area contributed by atoms with Crippen molar-refractivity contribution in [3.05, 3.63) is 30.1 Å². The van der Waals surface area contributed by atoms with Crippen molar-refractivity contribution in [3.8, 4) is 0 Å². The molecule has 1 aromatic rings. The molecule has 2 rings (SSSR count). The molecule has 0 aromatic carbocycles. The summed E-state index contributed by atoms with van der Waals surface area (Å²) in [5, 5.41) is 4.30. The third-order valence-electron chi connectivity index (χ3n) is 3.64. The van der Waals surface area contributed by atoms with Crippen molar-refractivity contribution in [3.63, 3.8) is 0 Å². The van der Waals surface area contributed by atoms with E-state index in [0.29, 0.717) is 11.5 Å². The Labute approximate surface area is 121 Å². The molecule has 0 saturated heterocycles. The number of carbonyl (C=O) groups excluding carboxylic acids is 1. The highest BCUT2D eigenvalue weighted by Crippen LogP contribution is 2.41. The van der Waals surface area contributed by atoms with E-state index in [1.54, 1.807) is 17.9 Å². The van der Waals surface area contributed by atoms with Gasteiger partial charge in [-0.2, -0.15) is 18.3 Å². The minimum Gasteiger partial charge on any atom is -0.323 e. The standard InChI is InChI=1S/C14H18F3N3O/c1-4-12(21)20(9(2)14(15,16)17)8-11-7-19(3)18-13(11)10-5-6-10/h4,7,9-10H,1,5-6,8H2,2-3H3/t9-/m1/s1. The number of hydrogen-bond acceptors (Lipinski definition) is 2. The van der Waals surface area contributed by atoms with Crippen LogP contribution >= 0.6 is 0 Å². The average molecular weight is 301 g/mol. The lowest BCUT2D eigenvalue weighted by atomic mass is 10.1. The molecule has 0 bridgehead atoms. The van der Waals surface area contributed by atoms with Gasteiger partial charge in [0.25, 0.3) is 0 Å². The summed E-state index contributed by atoms with van der Waals surface area (Å²) in [4.78, 5) is 12.6. The predicted octanol–water partition coefficient (Wildman–Crippen LogP) is 2.76. The zero-order valence-corrected chi connectivity index (χ0v) is 12.0. The smallest absolute Gasteiger partial charge is 0.323 e. The number of halogens is 3. The molecule has 1 heterocycles. The molecule has 0 spiro atoms. The SMILES string of the molecule is C=CC(=O)N(Cc1cn(C)nc1C1CC1)[C@H](C)C(F)(F)F. The predicted molar refractivity (Wildman–Crippen MR) is 71.4 cm³/mol. The van der Waals surface area contributed by atoms with Crippen LogP contribution in [-0.2, 0) is 18.4 Å². The van der Waals surface area contributed by atoms with Crippen LogP contribution in [0.5, 0.6) is 0 Å². The van der Waals surface area contributed by atoms with Gasteiger partial charge in [-0.25, -0.2) is 0 Å². The summed E-state index contributed by atoms with van der Waals surface area (Å²) >= 11 is 0. The highest BCUT2D eigenvalue weighted by atomic mass is 19.4. The van der Waals surface area contributed by atoms with Crippen molar-refractivity contribution in [1.29, 1.82) is 0 Å². The first-order valence-electron chi connectivity index (χ1n) is 6.76. The fourth-order valence-corrected chi connectivity index (χ4v) is 2.26. The summed E-state index contributed by atoms with van der Waals surface area (Å²) in [7, 11) is 1.72. The van der Waals surface area contributed by atoms with Crippen molar-refractivity contribution in [2.24, 2.45) is 7.05 Å². The zero-order chi connectivity index (χ0) is 15.8. The van der Waals surface area contributed by atoms with E-state index in [4.69, 9.17) is 0 Å². The van der Waals surface area contributed by atoms with Crippen molar-refractivity contribution in [2.45, 2.75) is 44.4 Å². The van der Waals surface area contributed by atoms with Crippen LogP contribution in [0.1, 0.15) is 36.9 Å². The molecule has 1 atom stereocenters. The molecule has 1 aliphatic rings. The molecule has 116 valence electrons. The first-order valence-corrected chi connectivity index (χ1v) is 6.76. The number of alkyl halides is 3. The van der Waals surface area contributed by atoms with E-state index in [1.807, 2.05) is 0 Å². The Morgan fingerprint density at radius 3 is 2.71 bits per heavy atom. The van der Waals surface area contributed by atoms with E-state index < -0.39 is 18.1 Å². The van der Waals surface area contributed by atoms with Crippen molar-refractivity contribution in [1.82, 2.24) is 14.7 Å². The van der Waals surface area contributed by atoms with Crippen LogP contribution in [-0.4, -0.2) is 32.8 Å². The Bertz CT molecular complexity index is 546. The molecule has 0 radical (unpaired) electrons. The van der Waals surface area contributed by atoms with Crippen LogP contribution in [0.2, 0.25) is 0 Å².